The summed E-state index contributed by atoms with van der Waals surface area (Å²) in [6.07, 6.45) is 3.57. The number of cyclic esters (lactones) is 1. The number of ketones is 1. The Hall–Kier alpha value is -2.30. The number of Topliss-reactive ketones (excluding diaryl/α,β-unsaturated/α-hetero) is 1. The fourth-order valence-corrected chi connectivity index (χ4v) is 2.78. The highest BCUT2D eigenvalue weighted by Gasteiger charge is 2.31. The third kappa shape index (κ3) is 6.12. The highest BCUT2D eigenvalue weighted by Crippen LogP contribution is 2.42. The molecule has 1 aliphatic rings. The van der Waals surface area contributed by atoms with Gasteiger partial charge in [0, 0.05) is 17.5 Å². The van der Waals surface area contributed by atoms with Crippen LogP contribution in [0.1, 0.15) is 81.4 Å². The molecule has 0 atom stereocenters. The van der Waals surface area contributed by atoms with Gasteiger partial charge in [0.2, 0.25) is 0 Å². The van der Waals surface area contributed by atoms with Crippen molar-refractivity contribution in [3.8, 4) is 11.5 Å². The molecule has 0 aliphatic carbocycles. The van der Waals surface area contributed by atoms with Gasteiger partial charge in [0.25, 0.3) is 0 Å². The van der Waals surface area contributed by atoms with Gasteiger partial charge >= 0.3 is 5.97 Å². The molecule has 0 amide bonds. The Morgan fingerprint density at radius 3 is 2.30 bits per heavy atom. The second-order valence-electron chi connectivity index (χ2n) is 5.87. The predicted molar refractivity (Wildman–Crippen MR) is 109 cm³/mol. The average Bonchev–Trinajstić information content (AvgIpc) is 3.07. The largest absolute Gasteiger partial charge is 0.507 e. The van der Waals surface area contributed by atoms with Crippen LogP contribution in [0.5, 0.6) is 11.5 Å². The van der Waals surface area contributed by atoms with Crippen molar-refractivity contribution in [2.45, 2.75) is 74.3 Å². The lowest BCUT2D eigenvalue weighted by Gasteiger charge is -2.15. The van der Waals surface area contributed by atoms with E-state index >= 15 is 0 Å². The first kappa shape index (κ1) is 24.7. The smallest absolute Gasteiger partial charge is 0.342 e. The van der Waals surface area contributed by atoms with Crippen molar-refractivity contribution in [1.82, 2.24) is 0 Å². The summed E-state index contributed by atoms with van der Waals surface area (Å²) in [6, 6.07) is 0. The minimum absolute atomic E-state index is 0.0689. The normalized spacial score (nSPS) is 12.1. The first-order valence-corrected chi connectivity index (χ1v) is 9.60. The van der Waals surface area contributed by atoms with E-state index in [1.54, 1.807) is 14.0 Å². The fourth-order valence-electron chi connectivity index (χ4n) is 2.78. The number of rotatable bonds is 6. The first-order chi connectivity index (χ1) is 12.9. The van der Waals surface area contributed by atoms with Gasteiger partial charge in [0.05, 0.1) is 7.11 Å². The second-order valence-corrected chi connectivity index (χ2v) is 5.87. The number of carbonyl (C=O) groups is 2. The molecule has 1 aromatic carbocycles. The van der Waals surface area contributed by atoms with E-state index in [9.17, 15) is 14.7 Å². The molecule has 0 spiro atoms. The van der Waals surface area contributed by atoms with Crippen LogP contribution in [-0.4, -0.2) is 24.0 Å². The van der Waals surface area contributed by atoms with Crippen LogP contribution in [0.25, 0.3) is 0 Å². The van der Waals surface area contributed by atoms with Gasteiger partial charge in [-0.15, -0.1) is 0 Å². The minimum Gasteiger partial charge on any atom is -0.507 e. The minimum atomic E-state index is -0.498. The number of allylic oxidation sites excluding steroid dienone is 2. The van der Waals surface area contributed by atoms with Crippen LogP contribution >= 0.6 is 0 Å². The van der Waals surface area contributed by atoms with Crippen LogP contribution in [0.15, 0.2) is 11.6 Å². The van der Waals surface area contributed by atoms with Crippen molar-refractivity contribution < 1.29 is 24.2 Å². The number of hydrogen-bond acceptors (Lipinski definition) is 5. The lowest BCUT2D eigenvalue weighted by molar-refractivity contribution is -0.116. The van der Waals surface area contributed by atoms with Crippen molar-refractivity contribution in [2.24, 2.45) is 0 Å². The SMILES string of the molecule is CC.CC.COc1c(C)c2c(c(O)c1C/C=C(\C)CCC(C)=O)C(=O)OC2. The van der Waals surface area contributed by atoms with Crippen LogP contribution in [0.4, 0.5) is 0 Å². The zero-order valence-electron chi connectivity index (χ0n) is 18.0. The molecule has 1 N–H and O–H groups in total. The van der Waals surface area contributed by atoms with Gasteiger partial charge < -0.3 is 19.4 Å². The summed E-state index contributed by atoms with van der Waals surface area (Å²) in [4.78, 5) is 22.9. The van der Waals surface area contributed by atoms with E-state index in [4.69, 9.17) is 9.47 Å². The zero-order chi connectivity index (χ0) is 21.1. The number of phenolic OH excluding ortho intramolecular Hbond substituents is 1. The molecule has 0 aromatic heterocycles. The molecular weight excluding hydrogens is 344 g/mol. The lowest BCUT2D eigenvalue weighted by atomic mass is 9.94. The maximum Gasteiger partial charge on any atom is 0.342 e. The van der Waals surface area contributed by atoms with Crippen LogP contribution in [0, 0.1) is 6.92 Å². The van der Waals surface area contributed by atoms with E-state index < -0.39 is 5.97 Å². The van der Waals surface area contributed by atoms with Gasteiger partial charge in [-0.3, -0.25) is 0 Å². The Labute approximate surface area is 163 Å². The van der Waals surface area contributed by atoms with Crippen LogP contribution < -0.4 is 4.74 Å². The molecule has 0 bridgehead atoms. The van der Waals surface area contributed by atoms with Gasteiger partial charge in [-0.1, -0.05) is 39.3 Å². The van der Waals surface area contributed by atoms with E-state index in [-0.39, 0.29) is 23.7 Å². The van der Waals surface area contributed by atoms with E-state index in [1.165, 1.54) is 0 Å². The van der Waals surface area contributed by atoms with E-state index in [2.05, 4.69) is 0 Å². The van der Waals surface area contributed by atoms with Crippen LogP contribution in [-0.2, 0) is 22.6 Å². The average molecular weight is 379 g/mol. The van der Waals surface area contributed by atoms with Gasteiger partial charge in [0.15, 0.2) is 0 Å². The second kappa shape index (κ2) is 12.2. The highest BCUT2D eigenvalue weighted by atomic mass is 16.5. The quantitative estimate of drug-likeness (QED) is 0.538. The van der Waals surface area contributed by atoms with E-state index in [0.29, 0.717) is 36.1 Å². The topological polar surface area (TPSA) is 72.8 Å². The van der Waals surface area contributed by atoms with Crippen LogP contribution in [0.3, 0.4) is 0 Å². The number of benzene rings is 1. The number of methoxy groups -OCH3 is 1. The van der Waals surface area contributed by atoms with Crippen LogP contribution in [0.2, 0.25) is 0 Å². The molecule has 0 saturated heterocycles. The molecule has 5 nitrogen and oxygen atoms in total. The summed E-state index contributed by atoms with van der Waals surface area (Å²) in [7, 11) is 1.54. The van der Waals surface area contributed by atoms with E-state index in [1.807, 2.05) is 47.6 Å². The Kier molecular flexibility index (Phi) is 11.1. The summed E-state index contributed by atoms with van der Waals surface area (Å²) < 4.78 is 10.5. The molecular formula is C22H34O5. The molecule has 27 heavy (non-hydrogen) atoms. The molecule has 2 rings (SSSR count). The molecule has 1 aliphatic heterocycles. The third-order valence-electron chi connectivity index (χ3n) is 4.17. The first-order valence-electron chi connectivity index (χ1n) is 9.60. The molecule has 0 saturated carbocycles. The predicted octanol–water partition coefficient (Wildman–Crippen LogP) is 5.29. The Balaban J connectivity index is 0.00000158. The van der Waals surface area contributed by atoms with Gasteiger partial charge in [-0.05, 0) is 39.2 Å². The summed E-state index contributed by atoms with van der Waals surface area (Å²) in [5.41, 5.74) is 3.38. The highest BCUT2D eigenvalue weighted by molar-refractivity contribution is 5.98. The Morgan fingerprint density at radius 2 is 1.78 bits per heavy atom. The summed E-state index contributed by atoms with van der Waals surface area (Å²) in [6.45, 7) is 13.5. The summed E-state index contributed by atoms with van der Waals surface area (Å²) >= 11 is 0. The molecule has 152 valence electrons. The number of fused-ring (bicyclic) bond motifs is 1. The number of aromatic hydroxyl groups is 1. The van der Waals surface area contributed by atoms with E-state index in [0.717, 1.165) is 11.1 Å². The van der Waals surface area contributed by atoms with Gasteiger partial charge in [0.1, 0.15) is 29.5 Å². The van der Waals surface area contributed by atoms with Crippen molar-refractivity contribution in [3.05, 3.63) is 33.9 Å². The number of phenols is 1. The van der Waals surface area contributed by atoms with Crippen molar-refractivity contribution in [1.29, 1.82) is 0 Å². The summed E-state index contributed by atoms with van der Waals surface area (Å²) in [5.74, 6) is 0.159. The molecule has 5 heteroatoms. The molecule has 0 unspecified atom stereocenters. The lowest BCUT2D eigenvalue weighted by Crippen LogP contribution is -2.03. The van der Waals surface area contributed by atoms with Crippen molar-refractivity contribution in [2.75, 3.05) is 7.11 Å². The molecule has 1 aromatic rings. The Morgan fingerprint density at radius 1 is 1.19 bits per heavy atom. The number of ether oxygens (including phenoxy) is 2. The fraction of sp³-hybridized carbons (Fsp3) is 0.545. The Bertz CT molecular complexity index is 687. The van der Waals surface area contributed by atoms with Crippen molar-refractivity contribution in [3.63, 3.8) is 0 Å². The van der Waals surface area contributed by atoms with Gasteiger partial charge in [-0.2, -0.15) is 0 Å². The molecule has 0 radical (unpaired) electrons. The maximum atomic E-state index is 11.8. The summed E-state index contributed by atoms with van der Waals surface area (Å²) in [5, 5.41) is 10.5. The standard InChI is InChI=1S/C18H22O5.2C2H6/c1-10(5-7-11(2)19)6-8-13-16(20)15-14(9-23-18(15)21)12(3)17(13)22-4;2*1-2/h6,20H,5,7-9H2,1-4H3;2*1-2H3/b10-6+;;. The number of hydrogen-bond donors (Lipinski definition) is 1. The molecule has 0 fully saturated rings. The monoisotopic (exact) mass is 378 g/mol. The number of esters is 1. The maximum absolute atomic E-state index is 11.8. The van der Waals surface area contributed by atoms with Crippen molar-refractivity contribution >= 4 is 11.8 Å². The molecule has 1 heterocycles. The number of carbonyl (C=O) groups excluding carboxylic acids is 2. The van der Waals surface area contributed by atoms with Gasteiger partial charge in [-0.25, -0.2) is 4.79 Å². The zero-order valence-corrected chi connectivity index (χ0v) is 18.0. The third-order valence-corrected chi connectivity index (χ3v) is 4.17.